The Morgan fingerprint density at radius 2 is 2.03 bits per heavy atom. The molecular weight excluding hydrogens is 506 g/mol. The fourth-order valence-electron chi connectivity index (χ4n) is 6.47. The highest BCUT2D eigenvalue weighted by atomic mass is 32.1. The predicted octanol–water partition coefficient (Wildman–Crippen LogP) is 6.45. The second kappa shape index (κ2) is 9.03. The monoisotopic (exact) mass is 539 g/mol. The number of rotatable bonds is 5. The lowest BCUT2D eigenvalue weighted by Crippen LogP contribution is -2.43. The number of fused-ring (bicyclic) bond motifs is 3. The molecule has 39 heavy (non-hydrogen) atoms. The predicted molar refractivity (Wildman–Crippen MR) is 154 cm³/mol. The number of hydrogen-bond acceptors (Lipinski definition) is 7. The first-order valence-corrected chi connectivity index (χ1v) is 14.7. The fraction of sp³-hybridized carbons (Fsp3) is 0.387. The Morgan fingerprint density at radius 3 is 2.82 bits per heavy atom. The molecule has 0 radical (unpaired) electrons. The van der Waals surface area contributed by atoms with Crippen LogP contribution in [0, 0.1) is 6.92 Å². The molecule has 7 nitrogen and oxygen atoms in total. The molecule has 2 atom stereocenters. The number of ether oxygens (including phenoxy) is 1. The SMILES string of the molecule is CC[C@H](c1cc(CN2Cc3nc(O)ccc3OC3(CC3)[C@H]2C)c2sccc2c1)c1ccc2c(nnn2C)c1C. The Hall–Kier alpha value is -3.49. The van der Waals surface area contributed by atoms with E-state index in [4.69, 9.17) is 4.74 Å². The Morgan fingerprint density at radius 1 is 1.18 bits per heavy atom. The molecule has 0 amide bonds. The van der Waals surface area contributed by atoms with Crippen molar-refractivity contribution in [2.45, 2.75) is 70.7 Å². The van der Waals surface area contributed by atoms with Crippen LogP contribution < -0.4 is 4.74 Å². The minimum atomic E-state index is -0.175. The smallest absolute Gasteiger partial charge is 0.211 e. The fourth-order valence-corrected chi connectivity index (χ4v) is 7.35. The molecule has 4 heterocycles. The van der Waals surface area contributed by atoms with E-state index in [1.54, 1.807) is 6.07 Å². The summed E-state index contributed by atoms with van der Waals surface area (Å²) in [6, 6.07) is 15.2. The molecule has 8 heteroatoms. The average molecular weight is 540 g/mol. The molecule has 1 aliphatic carbocycles. The zero-order chi connectivity index (χ0) is 26.9. The summed E-state index contributed by atoms with van der Waals surface area (Å²) in [4.78, 5) is 6.95. The highest BCUT2D eigenvalue weighted by molar-refractivity contribution is 7.17. The number of nitrogens with zero attached hydrogens (tertiary/aromatic N) is 5. The molecule has 1 N–H and O–H groups in total. The summed E-state index contributed by atoms with van der Waals surface area (Å²) in [6.45, 7) is 8.16. The minimum absolute atomic E-state index is 0.0422. The van der Waals surface area contributed by atoms with Gasteiger partial charge in [-0.1, -0.05) is 24.3 Å². The standard InChI is InChI=1S/C31H33N5O2S/c1-5-23(24-6-7-26-29(18(24)2)33-34-35(26)4)21-14-20-10-13-39-30(20)22(15-21)16-36-17-25-27(8-9-28(37)32-25)38-31(11-12-31)19(36)3/h6-10,13-15,19,23H,5,11-12,16-17H2,1-4H3,(H,32,37)/t19-,23-/m1/s1. The number of thiophene rings is 1. The molecule has 200 valence electrons. The van der Waals surface area contributed by atoms with E-state index in [1.807, 2.05) is 29.1 Å². The van der Waals surface area contributed by atoms with Gasteiger partial charge >= 0.3 is 0 Å². The maximum absolute atomic E-state index is 10.1. The van der Waals surface area contributed by atoms with Crippen LogP contribution in [-0.4, -0.2) is 41.6 Å². The molecule has 1 saturated carbocycles. The molecule has 2 aromatic carbocycles. The first kappa shape index (κ1) is 24.5. The topological polar surface area (TPSA) is 76.3 Å². The van der Waals surface area contributed by atoms with E-state index in [9.17, 15) is 5.11 Å². The molecule has 0 saturated heterocycles. The Kier molecular flexibility index (Phi) is 5.68. The van der Waals surface area contributed by atoms with E-state index >= 15 is 0 Å². The summed E-state index contributed by atoms with van der Waals surface area (Å²) in [7, 11) is 1.94. The van der Waals surface area contributed by atoms with Crippen molar-refractivity contribution in [1.29, 1.82) is 0 Å². The van der Waals surface area contributed by atoms with Gasteiger partial charge in [0.25, 0.3) is 0 Å². The number of aromatic nitrogens is 4. The van der Waals surface area contributed by atoms with Crippen molar-refractivity contribution in [3.05, 3.63) is 75.8 Å². The highest BCUT2D eigenvalue weighted by Gasteiger charge is 2.54. The lowest BCUT2D eigenvalue weighted by atomic mass is 9.85. The van der Waals surface area contributed by atoms with Crippen LogP contribution in [-0.2, 0) is 20.1 Å². The zero-order valence-corrected chi connectivity index (χ0v) is 23.6. The van der Waals surface area contributed by atoms with Gasteiger partial charge < -0.3 is 9.84 Å². The van der Waals surface area contributed by atoms with Crippen LogP contribution in [0.5, 0.6) is 11.6 Å². The van der Waals surface area contributed by atoms with Crippen molar-refractivity contribution < 1.29 is 9.84 Å². The van der Waals surface area contributed by atoms with Crippen molar-refractivity contribution in [2.75, 3.05) is 0 Å². The molecular formula is C31H33N5O2S. The van der Waals surface area contributed by atoms with Crippen molar-refractivity contribution in [3.63, 3.8) is 0 Å². The zero-order valence-electron chi connectivity index (χ0n) is 22.8. The van der Waals surface area contributed by atoms with Crippen molar-refractivity contribution in [1.82, 2.24) is 24.9 Å². The van der Waals surface area contributed by atoms with Crippen LogP contribution in [0.2, 0.25) is 0 Å². The quantitative estimate of drug-likeness (QED) is 0.277. The molecule has 1 aliphatic heterocycles. The minimum Gasteiger partial charge on any atom is -0.493 e. The van der Waals surface area contributed by atoms with Gasteiger partial charge in [0.1, 0.15) is 22.6 Å². The van der Waals surface area contributed by atoms with Crippen LogP contribution in [0.3, 0.4) is 0 Å². The number of benzene rings is 2. The molecule has 1 fully saturated rings. The molecule has 1 spiro atoms. The van der Waals surface area contributed by atoms with Gasteiger partial charge in [0.2, 0.25) is 5.88 Å². The molecule has 5 aromatic rings. The van der Waals surface area contributed by atoms with Gasteiger partial charge in [0.05, 0.1) is 5.52 Å². The molecule has 3 aromatic heterocycles. The van der Waals surface area contributed by atoms with Gasteiger partial charge in [-0.3, -0.25) is 4.90 Å². The third kappa shape index (κ3) is 4.00. The molecule has 2 aliphatic rings. The van der Waals surface area contributed by atoms with E-state index < -0.39 is 0 Å². The van der Waals surface area contributed by atoms with Gasteiger partial charge in [-0.25, -0.2) is 9.67 Å². The average Bonchev–Trinajstić information content (AvgIpc) is 3.40. The van der Waals surface area contributed by atoms with Gasteiger partial charge in [-0.2, -0.15) is 0 Å². The summed E-state index contributed by atoms with van der Waals surface area (Å²) >= 11 is 1.81. The Labute approximate surface area is 232 Å². The van der Waals surface area contributed by atoms with Crippen molar-refractivity contribution >= 4 is 32.5 Å². The number of aryl methyl sites for hydroxylation is 2. The summed E-state index contributed by atoms with van der Waals surface area (Å²) in [5.41, 5.74) is 7.86. The Bertz CT molecular complexity index is 1720. The number of hydrogen-bond donors (Lipinski definition) is 1. The van der Waals surface area contributed by atoms with Gasteiger partial charge in [-0.05, 0) is 90.4 Å². The van der Waals surface area contributed by atoms with Crippen molar-refractivity contribution in [2.24, 2.45) is 7.05 Å². The summed E-state index contributed by atoms with van der Waals surface area (Å²) in [6.07, 6.45) is 3.08. The second-order valence-corrected chi connectivity index (χ2v) is 12.1. The maximum Gasteiger partial charge on any atom is 0.211 e. The van der Waals surface area contributed by atoms with Crippen LogP contribution in [0.1, 0.15) is 67.0 Å². The van der Waals surface area contributed by atoms with Gasteiger partial charge in [0.15, 0.2) is 0 Å². The molecule has 0 unspecified atom stereocenters. The highest BCUT2D eigenvalue weighted by Crippen LogP contribution is 2.49. The first-order chi connectivity index (χ1) is 18.9. The maximum atomic E-state index is 10.1. The lowest BCUT2D eigenvalue weighted by Gasteiger charge is -2.32. The van der Waals surface area contributed by atoms with Crippen LogP contribution >= 0.6 is 11.3 Å². The number of aromatic hydroxyl groups is 1. The molecule has 0 bridgehead atoms. The van der Waals surface area contributed by atoms with E-state index in [0.29, 0.717) is 6.54 Å². The van der Waals surface area contributed by atoms with Crippen LogP contribution in [0.15, 0.2) is 47.8 Å². The summed E-state index contributed by atoms with van der Waals surface area (Å²) < 4.78 is 9.70. The first-order valence-electron chi connectivity index (χ1n) is 13.8. The Balaban J connectivity index is 1.30. The van der Waals surface area contributed by atoms with Crippen LogP contribution in [0.4, 0.5) is 0 Å². The lowest BCUT2D eigenvalue weighted by molar-refractivity contribution is 0.0645. The normalized spacial score (nSPS) is 19.2. The summed E-state index contributed by atoms with van der Waals surface area (Å²) in [5.74, 6) is 1.11. The van der Waals surface area contributed by atoms with Gasteiger partial charge in [0, 0.05) is 42.9 Å². The summed E-state index contributed by atoms with van der Waals surface area (Å²) in [5, 5.41) is 22.3. The van der Waals surface area contributed by atoms with Crippen LogP contribution in [0.25, 0.3) is 21.1 Å². The second-order valence-electron chi connectivity index (χ2n) is 11.2. The number of pyridine rings is 1. The van der Waals surface area contributed by atoms with E-state index in [2.05, 4.69) is 76.7 Å². The van der Waals surface area contributed by atoms with E-state index in [-0.39, 0.29) is 23.4 Å². The van der Waals surface area contributed by atoms with E-state index in [1.165, 1.54) is 32.3 Å². The third-order valence-electron chi connectivity index (χ3n) is 8.92. The van der Waals surface area contributed by atoms with Gasteiger partial charge in [-0.15, -0.1) is 16.4 Å². The third-order valence-corrected chi connectivity index (χ3v) is 9.93. The largest absolute Gasteiger partial charge is 0.493 e. The van der Waals surface area contributed by atoms with E-state index in [0.717, 1.165) is 48.3 Å². The molecule has 7 rings (SSSR count). The van der Waals surface area contributed by atoms with Crippen molar-refractivity contribution in [3.8, 4) is 11.6 Å².